The van der Waals surface area contributed by atoms with E-state index in [0.717, 1.165) is 39.5 Å². The predicted octanol–water partition coefficient (Wildman–Crippen LogP) is 3.84. The van der Waals surface area contributed by atoms with Gasteiger partial charge in [0.1, 0.15) is 11.3 Å². The molecule has 1 amide bonds. The van der Waals surface area contributed by atoms with Gasteiger partial charge in [-0.05, 0) is 30.2 Å². The first-order valence-electron chi connectivity index (χ1n) is 9.09. The van der Waals surface area contributed by atoms with Crippen LogP contribution in [-0.2, 0) is 11.2 Å². The lowest BCUT2D eigenvalue weighted by molar-refractivity contribution is -0.120. The van der Waals surface area contributed by atoms with Crippen LogP contribution in [0.4, 0.5) is 0 Å². The summed E-state index contributed by atoms with van der Waals surface area (Å²) in [5.41, 5.74) is 2.93. The molecule has 4 aromatic rings. The molecule has 0 fully saturated rings. The van der Waals surface area contributed by atoms with Crippen molar-refractivity contribution < 1.29 is 9.53 Å². The Hall–Kier alpha value is -3.34. The molecule has 0 unspecified atom stereocenters. The Bertz CT molecular complexity index is 1070. The minimum Gasteiger partial charge on any atom is -0.491 e. The maximum absolute atomic E-state index is 12.2. The molecule has 0 aliphatic rings. The summed E-state index contributed by atoms with van der Waals surface area (Å²) in [5, 5.41) is 5.11. The Morgan fingerprint density at radius 1 is 1.07 bits per heavy atom. The summed E-state index contributed by atoms with van der Waals surface area (Å²) in [6.45, 7) is 1.11. The number of fused-ring (bicyclic) bond motifs is 2. The number of para-hydroxylation sites is 2. The summed E-state index contributed by atoms with van der Waals surface area (Å²) in [5.74, 6) is 0.796. The molecule has 0 spiro atoms. The molecule has 2 aromatic heterocycles. The summed E-state index contributed by atoms with van der Waals surface area (Å²) >= 11 is 0. The second-order valence-electron chi connectivity index (χ2n) is 6.42. The van der Waals surface area contributed by atoms with Gasteiger partial charge in [-0.2, -0.15) is 0 Å². The molecule has 0 aliphatic heterocycles. The number of nitrogens with zero attached hydrogens (tertiary/aromatic N) is 1. The zero-order valence-electron chi connectivity index (χ0n) is 14.9. The summed E-state index contributed by atoms with van der Waals surface area (Å²) in [6.07, 6.45) is 4.78. The van der Waals surface area contributed by atoms with Crippen molar-refractivity contribution in [2.75, 3.05) is 13.2 Å². The van der Waals surface area contributed by atoms with Gasteiger partial charge in [-0.25, -0.2) is 0 Å². The van der Waals surface area contributed by atoms with Gasteiger partial charge in [0, 0.05) is 35.2 Å². The highest BCUT2D eigenvalue weighted by atomic mass is 16.5. The van der Waals surface area contributed by atoms with E-state index in [2.05, 4.69) is 15.3 Å². The number of H-pyrrole nitrogens is 1. The van der Waals surface area contributed by atoms with Gasteiger partial charge < -0.3 is 15.0 Å². The summed E-state index contributed by atoms with van der Waals surface area (Å²) in [7, 11) is 0. The molecule has 2 aromatic carbocycles. The number of ether oxygens (including phenoxy) is 1. The first kappa shape index (κ1) is 17.1. The fourth-order valence-corrected chi connectivity index (χ4v) is 3.19. The van der Waals surface area contributed by atoms with Crippen molar-refractivity contribution in [1.82, 2.24) is 15.3 Å². The Balaban J connectivity index is 1.25. The zero-order valence-corrected chi connectivity index (χ0v) is 14.9. The second kappa shape index (κ2) is 7.91. The highest BCUT2D eigenvalue weighted by Crippen LogP contribution is 2.23. The number of aromatic nitrogens is 2. The molecule has 0 saturated carbocycles. The van der Waals surface area contributed by atoms with Crippen molar-refractivity contribution >= 4 is 27.7 Å². The van der Waals surface area contributed by atoms with Crippen LogP contribution in [0.5, 0.6) is 5.75 Å². The number of carbonyl (C=O) groups is 1. The van der Waals surface area contributed by atoms with Crippen molar-refractivity contribution in [3.8, 4) is 5.75 Å². The van der Waals surface area contributed by atoms with E-state index in [1.807, 2.05) is 60.8 Å². The molecular weight excluding hydrogens is 338 g/mol. The minimum atomic E-state index is 0.0200. The average molecular weight is 359 g/mol. The van der Waals surface area contributed by atoms with E-state index in [1.54, 1.807) is 6.20 Å². The van der Waals surface area contributed by atoms with Crippen LogP contribution < -0.4 is 10.1 Å². The van der Waals surface area contributed by atoms with Crippen LogP contribution in [0.3, 0.4) is 0 Å². The quantitative estimate of drug-likeness (QED) is 0.493. The van der Waals surface area contributed by atoms with E-state index in [-0.39, 0.29) is 5.91 Å². The van der Waals surface area contributed by atoms with Gasteiger partial charge in [0.2, 0.25) is 5.91 Å². The molecule has 2 N–H and O–H groups in total. The molecule has 2 heterocycles. The number of aromatic amines is 1. The van der Waals surface area contributed by atoms with Crippen LogP contribution in [0.25, 0.3) is 21.8 Å². The number of hydrogen-bond acceptors (Lipinski definition) is 3. The normalized spacial score (nSPS) is 11.0. The number of carbonyl (C=O) groups excluding carboxylic acids is 1. The van der Waals surface area contributed by atoms with Crippen LogP contribution in [0, 0.1) is 0 Å². The van der Waals surface area contributed by atoms with E-state index < -0.39 is 0 Å². The van der Waals surface area contributed by atoms with E-state index in [0.29, 0.717) is 19.6 Å². The molecule has 0 atom stereocenters. The van der Waals surface area contributed by atoms with E-state index >= 15 is 0 Å². The minimum absolute atomic E-state index is 0.0200. The molecule has 136 valence electrons. The van der Waals surface area contributed by atoms with Crippen molar-refractivity contribution in [2.24, 2.45) is 0 Å². The van der Waals surface area contributed by atoms with Crippen molar-refractivity contribution in [1.29, 1.82) is 0 Å². The average Bonchev–Trinajstić information content (AvgIpc) is 3.11. The van der Waals surface area contributed by atoms with Gasteiger partial charge in [0.25, 0.3) is 0 Å². The topological polar surface area (TPSA) is 67.0 Å². The first-order chi connectivity index (χ1) is 13.3. The van der Waals surface area contributed by atoms with Gasteiger partial charge in [-0.1, -0.05) is 36.4 Å². The number of hydrogen-bond donors (Lipinski definition) is 2. The third-order valence-corrected chi connectivity index (χ3v) is 4.52. The van der Waals surface area contributed by atoms with Gasteiger partial charge in [0.15, 0.2) is 0 Å². The lowest BCUT2D eigenvalue weighted by Gasteiger charge is -2.09. The van der Waals surface area contributed by atoms with Crippen LogP contribution in [0.2, 0.25) is 0 Å². The van der Waals surface area contributed by atoms with Crippen LogP contribution in [0.15, 0.2) is 67.0 Å². The summed E-state index contributed by atoms with van der Waals surface area (Å²) in [4.78, 5) is 19.8. The molecule has 0 aliphatic carbocycles. The number of benzene rings is 2. The predicted molar refractivity (Wildman–Crippen MR) is 107 cm³/mol. The Kier molecular flexibility index (Phi) is 5.01. The number of pyridine rings is 1. The maximum atomic E-state index is 12.2. The van der Waals surface area contributed by atoms with E-state index in [1.165, 1.54) is 0 Å². The lowest BCUT2D eigenvalue weighted by atomic mass is 10.1. The largest absolute Gasteiger partial charge is 0.491 e. The smallest absolute Gasteiger partial charge is 0.224 e. The number of rotatable bonds is 7. The van der Waals surface area contributed by atoms with Crippen molar-refractivity contribution in [2.45, 2.75) is 12.8 Å². The Morgan fingerprint density at radius 2 is 1.96 bits per heavy atom. The third-order valence-electron chi connectivity index (χ3n) is 4.52. The van der Waals surface area contributed by atoms with E-state index in [9.17, 15) is 4.79 Å². The van der Waals surface area contributed by atoms with Crippen LogP contribution in [-0.4, -0.2) is 29.0 Å². The molecule has 0 radical (unpaired) electrons. The van der Waals surface area contributed by atoms with Gasteiger partial charge in [-0.15, -0.1) is 0 Å². The molecule has 0 saturated heterocycles. The lowest BCUT2D eigenvalue weighted by Crippen LogP contribution is -2.27. The molecule has 5 nitrogen and oxygen atoms in total. The van der Waals surface area contributed by atoms with E-state index in [4.69, 9.17) is 4.74 Å². The van der Waals surface area contributed by atoms with Crippen molar-refractivity contribution in [3.63, 3.8) is 0 Å². The first-order valence-corrected chi connectivity index (χ1v) is 9.09. The van der Waals surface area contributed by atoms with Gasteiger partial charge in [0.05, 0.1) is 13.0 Å². The van der Waals surface area contributed by atoms with Crippen molar-refractivity contribution in [3.05, 3.63) is 72.6 Å². The van der Waals surface area contributed by atoms with Gasteiger partial charge >= 0.3 is 0 Å². The second-order valence-corrected chi connectivity index (χ2v) is 6.42. The maximum Gasteiger partial charge on any atom is 0.224 e. The molecule has 5 heteroatoms. The molecule has 4 rings (SSSR count). The summed E-state index contributed by atoms with van der Waals surface area (Å²) in [6, 6.07) is 17.8. The number of amides is 1. The third kappa shape index (κ3) is 3.92. The van der Waals surface area contributed by atoms with Crippen LogP contribution in [0.1, 0.15) is 12.0 Å². The zero-order chi connectivity index (χ0) is 18.5. The molecule has 0 bridgehead atoms. The molecular formula is C22H21N3O2. The fraction of sp³-hybridized carbons (Fsp3) is 0.182. The number of nitrogens with one attached hydrogen (secondary N) is 2. The SMILES string of the molecule is O=C(Cc1c[nH]c2ccccc12)NCCCOc1cccc2cccnc12. The monoisotopic (exact) mass is 359 g/mol. The van der Waals surface area contributed by atoms with Crippen LogP contribution >= 0.6 is 0 Å². The highest BCUT2D eigenvalue weighted by Gasteiger charge is 2.08. The Morgan fingerprint density at radius 3 is 2.93 bits per heavy atom. The standard InChI is InChI=1S/C22H21N3O2/c26-21(14-17-15-25-19-9-2-1-8-18(17)19)23-12-5-13-27-20-10-3-6-16-7-4-11-24-22(16)20/h1-4,6-11,15,25H,5,12-14H2,(H,23,26). The molecule has 27 heavy (non-hydrogen) atoms. The highest BCUT2D eigenvalue weighted by molar-refractivity contribution is 5.88. The summed E-state index contributed by atoms with van der Waals surface area (Å²) < 4.78 is 5.85. The Labute approximate surface area is 157 Å². The fourth-order valence-electron chi connectivity index (χ4n) is 3.19. The van der Waals surface area contributed by atoms with Gasteiger partial charge in [-0.3, -0.25) is 9.78 Å².